The lowest BCUT2D eigenvalue weighted by atomic mass is 10.2. The van der Waals surface area contributed by atoms with E-state index in [1.165, 1.54) is 27.6 Å². The summed E-state index contributed by atoms with van der Waals surface area (Å²) in [4.78, 5) is 31.5. The number of carbonyl (C=O) groups excluding carboxylic acids is 1. The van der Waals surface area contributed by atoms with Crippen LogP contribution in [0, 0.1) is 6.92 Å². The molecule has 1 aliphatic rings. The number of carboxylic acid groups (broad SMARTS) is 1. The Morgan fingerprint density at radius 3 is 2.61 bits per heavy atom. The Balaban J connectivity index is 1.92. The maximum atomic E-state index is 12.9. The van der Waals surface area contributed by atoms with Crippen LogP contribution in [0.3, 0.4) is 0 Å². The minimum atomic E-state index is -0.988. The van der Waals surface area contributed by atoms with Crippen LogP contribution in [0.25, 0.3) is 9.88 Å². The van der Waals surface area contributed by atoms with Crippen molar-refractivity contribution >= 4 is 46.2 Å². The molecule has 0 aliphatic heterocycles. The van der Waals surface area contributed by atoms with Crippen molar-refractivity contribution in [1.82, 2.24) is 9.88 Å². The van der Waals surface area contributed by atoms with Gasteiger partial charge in [0.2, 0.25) is 0 Å². The minimum Gasteiger partial charge on any atom is -0.480 e. The Bertz CT molecular complexity index is 767. The number of hydrogen-bond donors (Lipinski definition) is 1. The molecule has 5 nitrogen and oxygen atoms in total. The number of aryl methyl sites for hydroxylation is 1. The van der Waals surface area contributed by atoms with Gasteiger partial charge >= 0.3 is 5.97 Å². The van der Waals surface area contributed by atoms with Gasteiger partial charge in [-0.3, -0.25) is 4.79 Å². The van der Waals surface area contributed by atoms with Gasteiger partial charge in [0.05, 0.1) is 14.9 Å². The van der Waals surface area contributed by atoms with Crippen molar-refractivity contribution in [2.75, 3.05) is 0 Å². The Morgan fingerprint density at radius 1 is 1.39 bits per heavy atom. The van der Waals surface area contributed by atoms with Gasteiger partial charge in [-0.25, -0.2) is 9.78 Å². The molecular weight excluding hydrogens is 356 g/mol. The fourth-order valence-electron chi connectivity index (χ4n) is 2.38. The van der Waals surface area contributed by atoms with Crippen LogP contribution in [0.4, 0.5) is 0 Å². The van der Waals surface area contributed by atoms with Crippen LogP contribution < -0.4 is 0 Å². The summed E-state index contributed by atoms with van der Waals surface area (Å²) in [7, 11) is 0. The number of carboxylic acids is 1. The summed E-state index contributed by atoms with van der Waals surface area (Å²) in [5.74, 6) is -1.23. The van der Waals surface area contributed by atoms with E-state index in [2.05, 4.69) is 4.98 Å². The van der Waals surface area contributed by atoms with Crippen molar-refractivity contribution in [3.63, 3.8) is 0 Å². The molecule has 2 heterocycles. The summed E-state index contributed by atoms with van der Waals surface area (Å²) >= 11 is 8.65. The monoisotopic (exact) mass is 370 g/mol. The van der Waals surface area contributed by atoms with Gasteiger partial charge in [-0.05, 0) is 38.8 Å². The minimum absolute atomic E-state index is 0.0229. The van der Waals surface area contributed by atoms with Gasteiger partial charge in [0.1, 0.15) is 15.9 Å². The second-order valence-corrected chi connectivity index (χ2v) is 8.21. The van der Waals surface area contributed by atoms with E-state index in [0.29, 0.717) is 14.9 Å². The quantitative estimate of drug-likeness (QED) is 0.866. The number of thiazole rings is 1. The lowest BCUT2D eigenvalue weighted by molar-refractivity contribution is -0.141. The van der Waals surface area contributed by atoms with Crippen LogP contribution in [-0.4, -0.2) is 39.0 Å². The summed E-state index contributed by atoms with van der Waals surface area (Å²) in [6.45, 7) is 3.33. The van der Waals surface area contributed by atoms with Gasteiger partial charge in [-0.1, -0.05) is 11.6 Å². The van der Waals surface area contributed by atoms with Crippen LogP contribution in [-0.2, 0) is 4.79 Å². The summed E-state index contributed by atoms with van der Waals surface area (Å²) in [6, 6.07) is 2.85. The number of hydrogen-bond acceptors (Lipinski definition) is 5. The molecule has 3 rings (SSSR count). The molecule has 0 saturated heterocycles. The third-order valence-electron chi connectivity index (χ3n) is 3.72. The molecule has 2 aromatic rings. The zero-order valence-electron chi connectivity index (χ0n) is 12.6. The number of carbonyl (C=O) groups is 2. The van der Waals surface area contributed by atoms with Gasteiger partial charge < -0.3 is 10.0 Å². The average Bonchev–Trinajstić information content (AvgIpc) is 3.10. The third-order valence-corrected chi connectivity index (χ3v) is 6.27. The summed E-state index contributed by atoms with van der Waals surface area (Å²) in [5, 5.41) is 10.00. The molecule has 1 atom stereocenters. The standard InChI is InChI=1S/C15H15ClN2O3S2/c1-7-12(23-13(17-7)10-5-6-11(16)22-10)14(19)18(9-3-4-9)8(2)15(20)21/h5-6,8-9H,3-4H2,1-2H3,(H,20,21). The van der Waals surface area contributed by atoms with Crippen molar-refractivity contribution in [1.29, 1.82) is 0 Å². The maximum absolute atomic E-state index is 12.9. The molecule has 23 heavy (non-hydrogen) atoms. The first-order chi connectivity index (χ1) is 10.9. The largest absolute Gasteiger partial charge is 0.480 e. The van der Waals surface area contributed by atoms with Crippen LogP contribution >= 0.6 is 34.3 Å². The van der Waals surface area contributed by atoms with Gasteiger partial charge in [0.15, 0.2) is 0 Å². The number of halogens is 1. The lowest BCUT2D eigenvalue weighted by Gasteiger charge is -2.26. The normalized spacial score (nSPS) is 15.4. The number of nitrogens with zero attached hydrogens (tertiary/aromatic N) is 2. The molecule has 1 amide bonds. The van der Waals surface area contributed by atoms with Crippen LogP contribution in [0.5, 0.6) is 0 Å². The molecule has 1 saturated carbocycles. The first kappa shape index (κ1) is 16.4. The van der Waals surface area contributed by atoms with Gasteiger partial charge in [0, 0.05) is 6.04 Å². The molecule has 1 aliphatic carbocycles. The smallest absolute Gasteiger partial charge is 0.326 e. The molecule has 0 radical (unpaired) electrons. The number of aromatic nitrogens is 1. The highest BCUT2D eigenvalue weighted by Gasteiger charge is 2.40. The van der Waals surface area contributed by atoms with Gasteiger partial charge in [-0.15, -0.1) is 22.7 Å². The first-order valence-corrected chi connectivity index (χ1v) is 9.18. The van der Waals surface area contributed by atoms with E-state index in [4.69, 9.17) is 11.6 Å². The van der Waals surface area contributed by atoms with Gasteiger partial charge in [-0.2, -0.15) is 0 Å². The number of thiophene rings is 1. The Labute approximate surface area is 146 Å². The van der Waals surface area contributed by atoms with E-state index in [-0.39, 0.29) is 11.9 Å². The molecule has 0 bridgehead atoms. The Morgan fingerprint density at radius 2 is 2.09 bits per heavy atom. The molecule has 1 unspecified atom stereocenters. The summed E-state index contributed by atoms with van der Waals surface area (Å²) in [6.07, 6.45) is 1.71. The molecule has 1 fully saturated rings. The zero-order chi connectivity index (χ0) is 16.7. The van der Waals surface area contributed by atoms with Crippen LogP contribution in [0.2, 0.25) is 4.34 Å². The van der Waals surface area contributed by atoms with E-state index in [1.807, 2.05) is 6.07 Å². The molecule has 122 valence electrons. The molecule has 1 N–H and O–H groups in total. The number of aliphatic carboxylic acids is 1. The molecule has 8 heteroatoms. The average molecular weight is 371 g/mol. The van der Waals surface area contributed by atoms with Crippen molar-refractivity contribution in [2.45, 2.75) is 38.8 Å². The fourth-order valence-corrected chi connectivity index (χ4v) is 4.48. The van der Waals surface area contributed by atoms with Crippen LogP contribution in [0.1, 0.15) is 35.1 Å². The highest BCUT2D eigenvalue weighted by Crippen LogP contribution is 2.37. The fraction of sp³-hybridized carbons (Fsp3) is 0.400. The molecule has 0 spiro atoms. The second kappa shape index (κ2) is 6.22. The maximum Gasteiger partial charge on any atom is 0.326 e. The zero-order valence-corrected chi connectivity index (χ0v) is 15.0. The highest BCUT2D eigenvalue weighted by atomic mass is 35.5. The molecule has 2 aromatic heterocycles. The van der Waals surface area contributed by atoms with Crippen molar-refractivity contribution < 1.29 is 14.7 Å². The van der Waals surface area contributed by atoms with Crippen molar-refractivity contribution in [3.05, 3.63) is 27.0 Å². The second-order valence-electron chi connectivity index (χ2n) is 5.50. The van der Waals surface area contributed by atoms with E-state index in [9.17, 15) is 14.7 Å². The third kappa shape index (κ3) is 3.27. The van der Waals surface area contributed by atoms with E-state index < -0.39 is 12.0 Å². The predicted molar refractivity (Wildman–Crippen MR) is 91.5 cm³/mol. The first-order valence-electron chi connectivity index (χ1n) is 7.17. The van der Waals surface area contributed by atoms with Gasteiger partial charge in [0.25, 0.3) is 5.91 Å². The number of amides is 1. The van der Waals surface area contributed by atoms with Crippen molar-refractivity contribution in [2.24, 2.45) is 0 Å². The van der Waals surface area contributed by atoms with E-state index in [1.54, 1.807) is 19.9 Å². The van der Waals surface area contributed by atoms with Crippen LogP contribution in [0.15, 0.2) is 12.1 Å². The van der Waals surface area contributed by atoms with E-state index in [0.717, 1.165) is 22.7 Å². The molecular formula is C15H15ClN2O3S2. The summed E-state index contributed by atoms with van der Waals surface area (Å²) in [5.41, 5.74) is 0.628. The highest BCUT2D eigenvalue weighted by molar-refractivity contribution is 7.24. The topological polar surface area (TPSA) is 70.5 Å². The van der Waals surface area contributed by atoms with Crippen molar-refractivity contribution in [3.8, 4) is 9.88 Å². The molecule has 0 aromatic carbocycles. The Kier molecular flexibility index (Phi) is 4.44. The predicted octanol–water partition coefficient (Wildman–Crippen LogP) is 3.91. The SMILES string of the molecule is Cc1nc(-c2ccc(Cl)s2)sc1C(=O)N(C1CC1)C(C)C(=O)O. The van der Waals surface area contributed by atoms with E-state index >= 15 is 0 Å². The summed E-state index contributed by atoms with van der Waals surface area (Å²) < 4.78 is 0.667. The Hall–Kier alpha value is -1.44. The number of rotatable bonds is 5. The lowest BCUT2D eigenvalue weighted by Crippen LogP contribution is -2.44.